The van der Waals surface area contributed by atoms with Crippen molar-refractivity contribution >= 4 is 16.9 Å². The van der Waals surface area contributed by atoms with Crippen LogP contribution in [0.5, 0.6) is 0 Å². The summed E-state index contributed by atoms with van der Waals surface area (Å²) in [6, 6.07) is 0. The van der Waals surface area contributed by atoms with E-state index in [0.717, 1.165) is 49.3 Å². The van der Waals surface area contributed by atoms with Gasteiger partial charge in [0.25, 0.3) is 5.91 Å². The van der Waals surface area contributed by atoms with Gasteiger partial charge in [-0.05, 0) is 38.9 Å². The molecule has 0 atom stereocenters. The van der Waals surface area contributed by atoms with Gasteiger partial charge in [0, 0.05) is 25.2 Å². The summed E-state index contributed by atoms with van der Waals surface area (Å²) in [5.41, 5.74) is 2.47. The number of pyridine rings is 1. The highest BCUT2D eigenvalue weighted by Crippen LogP contribution is 2.31. The summed E-state index contributed by atoms with van der Waals surface area (Å²) in [6.07, 6.45) is 6.95. The van der Waals surface area contributed by atoms with E-state index in [9.17, 15) is 4.79 Å². The molecule has 0 bridgehead atoms. The quantitative estimate of drug-likeness (QED) is 0.938. The third kappa shape index (κ3) is 2.51. The summed E-state index contributed by atoms with van der Waals surface area (Å²) in [5, 5.41) is 2.96. The van der Waals surface area contributed by atoms with E-state index in [1.54, 1.807) is 12.4 Å². The molecular formula is C17H23N5O. The van der Waals surface area contributed by atoms with Crippen LogP contribution in [0.15, 0.2) is 12.4 Å². The van der Waals surface area contributed by atoms with Crippen molar-refractivity contribution in [3.8, 4) is 0 Å². The van der Waals surface area contributed by atoms with E-state index >= 15 is 0 Å². The van der Waals surface area contributed by atoms with Crippen molar-refractivity contribution in [3.05, 3.63) is 23.8 Å². The Hall–Kier alpha value is -1.95. The molecule has 1 N–H and O–H groups in total. The molecule has 0 radical (unpaired) electrons. The van der Waals surface area contributed by atoms with Crippen molar-refractivity contribution in [2.75, 3.05) is 26.2 Å². The second-order valence-corrected chi connectivity index (χ2v) is 6.55. The number of piperidine rings is 1. The first-order valence-electron chi connectivity index (χ1n) is 8.62. The van der Waals surface area contributed by atoms with Gasteiger partial charge in [-0.25, -0.2) is 4.98 Å². The average molecular weight is 313 g/mol. The smallest absolute Gasteiger partial charge is 0.255 e. The molecule has 1 saturated heterocycles. The second-order valence-electron chi connectivity index (χ2n) is 6.55. The molecule has 0 spiro atoms. The SMILES string of the molecule is CCCN1CCC(c2nc3cncc4c3n2CCNC4=O)CC1. The molecule has 1 amide bonds. The summed E-state index contributed by atoms with van der Waals surface area (Å²) in [7, 11) is 0. The molecule has 0 saturated carbocycles. The number of amides is 1. The second kappa shape index (κ2) is 5.92. The first-order valence-corrected chi connectivity index (χ1v) is 8.62. The number of likely N-dealkylation sites (tertiary alicyclic amines) is 1. The zero-order chi connectivity index (χ0) is 15.8. The highest BCUT2D eigenvalue weighted by molar-refractivity contribution is 6.05. The molecule has 0 aliphatic carbocycles. The number of aromatic nitrogens is 3. The van der Waals surface area contributed by atoms with Gasteiger partial charge in [-0.15, -0.1) is 0 Å². The number of hydrogen-bond acceptors (Lipinski definition) is 4. The Morgan fingerprint density at radius 2 is 2.09 bits per heavy atom. The first kappa shape index (κ1) is 14.6. The van der Waals surface area contributed by atoms with E-state index in [1.165, 1.54) is 13.0 Å². The molecule has 2 aliphatic heterocycles. The lowest BCUT2D eigenvalue weighted by molar-refractivity contribution is 0.0956. The molecule has 4 rings (SSSR count). The van der Waals surface area contributed by atoms with Crippen LogP contribution in [0.25, 0.3) is 11.0 Å². The minimum absolute atomic E-state index is 0.0361. The van der Waals surface area contributed by atoms with Crippen molar-refractivity contribution in [2.45, 2.75) is 38.6 Å². The number of nitrogens with one attached hydrogen (secondary N) is 1. The fourth-order valence-corrected chi connectivity index (χ4v) is 3.92. The number of hydrogen-bond donors (Lipinski definition) is 1. The maximum atomic E-state index is 12.2. The van der Waals surface area contributed by atoms with Gasteiger partial charge in [0.15, 0.2) is 0 Å². The van der Waals surface area contributed by atoms with Gasteiger partial charge in [-0.1, -0.05) is 6.92 Å². The highest BCUT2D eigenvalue weighted by atomic mass is 16.1. The summed E-state index contributed by atoms with van der Waals surface area (Å²) in [6.45, 7) is 7.16. The Morgan fingerprint density at radius 3 is 2.87 bits per heavy atom. The Kier molecular flexibility index (Phi) is 3.77. The van der Waals surface area contributed by atoms with Gasteiger partial charge in [-0.3, -0.25) is 9.78 Å². The Balaban J connectivity index is 1.70. The predicted molar refractivity (Wildman–Crippen MR) is 88.6 cm³/mol. The van der Waals surface area contributed by atoms with Crippen LogP contribution in [-0.4, -0.2) is 51.5 Å². The van der Waals surface area contributed by atoms with Gasteiger partial charge >= 0.3 is 0 Å². The summed E-state index contributed by atoms with van der Waals surface area (Å²) >= 11 is 0. The minimum Gasteiger partial charge on any atom is -0.350 e. The molecule has 122 valence electrons. The van der Waals surface area contributed by atoms with Crippen LogP contribution in [0.3, 0.4) is 0 Å². The zero-order valence-electron chi connectivity index (χ0n) is 13.6. The van der Waals surface area contributed by atoms with Gasteiger partial charge in [0.2, 0.25) is 0 Å². The van der Waals surface area contributed by atoms with Gasteiger partial charge in [0.1, 0.15) is 11.3 Å². The maximum absolute atomic E-state index is 12.2. The third-order valence-electron chi connectivity index (χ3n) is 5.04. The number of carbonyl (C=O) groups is 1. The Labute approximate surface area is 135 Å². The van der Waals surface area contributed by atoms with Crippen molar-refractivity contribution in [1.82, 2.24) is 24.8 Å². The van der Waals surface area contributed by atoms with Gasteiger partial charge in [0.05, 0.1) is 17.3 Å². The summed E-state index contributed by atoms with van der Waals surface area (Å²) in [4.78, 5) is 23.8. The number of imidazole rings is 1. The predicted octanol–water partition coefficient (Wildman–Crippen LogP) is 1.76. The lowest BCUT2D eigenvalue weighted by Crippen LogP contribution is -2.34. The number of rotatable bonds is 3. The van der Waals surface area contributed by atoms with Crippen LogP contribution < -0.4 is 5.32 Å². The molecule has 6 heteroatoms. The van der Waals surface area contributed by atoms with Crippen LogP contribution in [0.4, 0.5) is 0 Å². The molecule has 4 heterocycles. The molecule has 2 aromatic rings. The normalized spacial score (nSPS) is 19.8. The molecule has 2 aliphatic rings. The summed E-state index contributed by atoms with van der Waals surface area (Å²) < 4.78 is 2.25. The van der Waals surface area contributed by atoms with E-state index in [1.807, 2.05) is 0 Å². The Bertz CT molecular complexity index is 730. The van der Waals surface area contributed by atoms with E-state index < -0.39 is 0 Å². The monoisotopic (exact) mass is 313 g/mol. The maximum Gasteiger partial charge on any atom is 0.255 e. The van der Waals surface area contributed by atoms with Crippen molar-refractivity contribution in [2.24, 2.45) is 0 Å². The van der Waals surface area contributed by atoms with Gasteiger partial charge < -0.3 is 14.8 Å². The molecule has 2 aromatic heterocycles. The first-order chi connectivity index (χ1) is 11.3. The lowest BCUT2D eigenvalue weighted by Gasteiger charge is -2.31. The van der Waals surface area contributed by atoms with E-state index in [-0.39, 0.29) is 5.91 Å². The number of carbonyl (C=O) groups excluding carboxylic acids is 1. The zero-order valence-corrected chi connectivity index (χ0v) is 13.6. The largest absolute Gasteiger partial charge is 0.350 e. The fraction of sp³-hybridized carbons (Fsp3) is 0.588. The highest BCUT2D eigenvalue weighted by Gasteiger charge is 2.28. The molecule has 0 aromatic carbocycles. The van der Waals surface area contributed by atoms with Crippen LogP contribution in [0, 0.1) is 0 Å². The fourth-order valence-electron chi connectivity index (χ4n) is 3.92. The van der Waals surface area contributed by atoms with Crippen LogP contribution in [-0.2, 0) is 6.54 Å². The lowest BCUT2D eigenvalue weighted by atomic mass is 9.95. The standard InChI is InChI=1S/C17H23N5O/c1-2-6-21-7-3-12(4-8-21)16-20-14-11-18-10-13-15(14)22(16)9-5-19-17(13)23/h10-12H,2-9H2,1H3,(H,19,23). The van der Waals surface area contributed by atoms with Crippen LogP contribution in [0.2, 0.25) is 0 Å². The summed E-state index contributed by atoms with van der Waals surface area (Å²) in [5.74, 6) is 1.59. The van der Waals surface area contributed by atoms with Gasteiger partial charge in [-0.2, -0.15) is 0 Å². The van der Waals surface area contributed by atoms with Crippen LogP contribution >= 0.6 is 0 Å². The number of nitrogens with zero attached hydrogens (tertiary/aromatic N) is 4. The van der Waals surface area contributed by atoms with E-state index in [0.29, 0.717) is 18.0 Å². The Morgan fingerprint density at radius 1 is 1.26 bits per heavy atom. The van der Waals surface area contributed by atoms with Crippen LogP contribution in [0.1, 0.15) is 48.3 Å². The molecular weight excluding hydrogens is 290 g/mol. The van der Waals surface area contributed by atoms with E-state index in [4.69, 9.17) is 4.98 Å². The van der Waals surface area contributed by atoms with Crippen molar-refractivity contribution in [1.29, 1.82) is 0 Å². The van der Waals surface area contributed by atoms with Crippen molar-refractivity contribution in [3.63, 3.8) is 0 Å². The van der Waals surface area contributed by atoms with E-state index in [2.05, 4.69) is 26.7 Å². The minimum atomic E-state index is -0.0361. The average Bonchev–Trinajstić information content (AvgIpc) is 2.85. The topological polar surface area (TPSA) is 63.1 Å². The third-order valence-corrected chi connectivity index (χ3v) is 5.04. The molecule has 0 unspecified atom stereocenters. The molecule has 23 heavy (non-hydrogen) atoms. The molecule has 6 nitrogen and oxygen atoms in total. The molecule has 1 fully saturated rings. The van der Waals surface area contributed by atoms with Crippen molar-refractivity contribution < 1.29 is 4.79 Å².